The van der Waals surface area contributed by atoms with Crippen molar-refractivity contribution in [1.29, 1.82) is 0 Å². The first-order valence-electron chi connectivity index (χ1n) is 10.7. The van der Waals surface area contributed by atoms with E-state index in [0.717, 1.165) is 52.6 Å². The van der Waals surface area contributed by atoms with E-state index in [9.17, 15) is 4.79 Å². The summed E-state index contributed by atoms with van der Waals surface area (Å²) in [5, 5.41) is 10.1. The number of fused-ring (bicyclic) bond motifs is 1. The molecule has 0 saturated carbocycles. The van der Waals surface area contributed by atoms with Gasteiger partial charge >= 0.3 is 5.97 Å². The molecule has 31 heavy (non-hydrogen) atoms. The second kappa shape index (κ2) is 9.52. The number of hydrogen-bond acceptors (Lipinski definition) is 5. The van der Waals surface area contributed by atoms with Crippen LogP contribution in [0.15, 0.2) is 42.5 Å². The Labute approximate surface area is 186 Å². The van der Waals surface area contributed by atoms with Crippen molar-refractivity contribution in [2.75, 3.05) is 13.2 Å². The molecule has 5 nitrogen and oxygen atoms in total. The van der Waals surface area contributed by atoms with Crippen LogP contribution in [0.1, 0.15) is 47.4 Å². The number of hydrogen-bond donors (Lipinski definition) is 1. The van der Waals surface area contributed by atoms with Crippen molar-refractivity contribution < 1.29 is 19.4 Å². The van der Waals surface area contributed by atoms with Gasteiger partial charge in [0.1, 0.15) is 16.5 Å². The average Bonchev–Trinajstić information content (AvgIpc) is 3.32. The van der Waals surface area contributed by atoms with Crippen LogP contribution in [0.25, 0.3) is 10.6 Å². The van der Waals surface area contributed by atoms with Gasteiger partial charge in [-0.3, -0.25) is 4.79 Å². The van der Waals surface area contributed by atoms with Gasteiger partial charge in [-0.05, 0) is 80.1 Å². The molecule has 1 aliphatic carbocycles. The zero-order valence-electron chi connectivity index (χ0n) is 17.9. The first-order valence-corrected chi connectivity index (χ1v) is 11.5. The van der Waals surface area contributed by atoms with Gasteiger partial charge in [-0.1, -0.05) is 6.07 Å². The van der Waals surface area contributed by atoms with E-state index in [2.05, 4.69) is 13.0 Å². The number of aryl methyl sites for hydroxylation is 2. The number of carboxylic acid groups (broad SMARTS) is 1. The highest BCUT2D eigenvalue weighted by molar-refractivity contribution is 7.15. The summed E-state index contributed by atoms with van der Waals surface area (Å²) >= 11 is 1.70. The molecule has 1 atom stereocenters. The number of carboxylic acids is 1. The molecular weight excluding hydrogens is 410 g/mol. The molecule has 0 saturated heterocycles. The zero-order valence-corrected chi connectivity index (χ0v) is 18.7. The van der Waals surface area contributed by atoms with Crippen molar-refractivity contribution in [3.63, 3.8) is 0 Å². The lowest BCUT2D eigenvalue weighted by Crippen LogP contribution is -2.04. The quantitative estimate of drug-likeness (QED) is 0.469. The minimum absolute atomic E-state index is 0.125. The molecule has 162 valence electrons. The molecule has 0 bridgehead atoms. The van der Waals surface area contributed by atoms with Crippen LogP contribution in [-0.2, 0) is 17.6 Å². The van der Waals surface area contributed by atoms with Crippen LogP contribution in [0.2, 0.25) is 0 Å². The van der Waals surface area contributed by atoms with Gasteiger partial charge in [0.25, 0.3) is 0 Å². The number of rotatable bonds is 9. The largest absolute Gasteiger partial charge is 0.494 e. The van der Waals surface area contributed by atoms with E-state index < -0.39 is 5.97 Å². The normalized spacial score (nSPS) is 15.0. The van der Waals surface area contributed by atoms with Gasteiger partial charge in [0, 0.05) is 16.9 Å². The maximum Gasteiger partial charge on any atom is 0.303 e. The summed E-state index contributed by atoms with van der Waals surface area (Å²) in [7, 11) is 0. The number of aromatic nitrogens is 1. The van der Waals surface area contributed by atoms with Crippen LogP contribution < -0.4 is 9.47 Å². The van der Waals surface area contributed by atoms with E-state index in [1.165, 1.54) is 10.4 Å². The molecule has 0 aliphatic heterocycles. The topological polar surface area (TPSA) is 68.7 Å². The fourth-order valence-electron chi connectivity index (χ4n) is 4.10. The molecule has 1 aliphatic rings. The minimum atomic E-state index is -0.735. The fourth-order valence-corrected chi connectivity index (χ4v) is 5.07. The third-order valence-electron chi connectivity index (χ3n) is 5.65. The van der Waals surface area contributed by atoms with E-state index >= 15 is 0 Å². The molecule has 3 aromatic rings. The molecule has 1 unspecified atom stereocenters. The molecule has 1 heterocycles. The van der Waals surface area contributed by atoms with Gasteiger partial charge in [-0.2, -0.15) is 0 Å². The van der Waals surface area contributed by atoms with Gasteiger partial charge in [-0.25, -0.2) is 4.98 Å². The number of nitrogens with zero attached hydrogens (tertiary/aromatic N) is 1. The maximum atomic E-state index is 11.0. The first kappa shape index (κ1) is 21.4. The van der Waals surface area contributed by atoms with Crippen LogP contribution in [0.4, 0.5) is 0 Å². The van der Waals surface area contributed by atoms with Crippen LogP contribution in [0, 0.1) is 6.92 Å². The Bertz CT molecular complexity index is 1060. The summed E-state index contributed by atoms with van der Waals surface area (Å²) in [4.78, 5) is 17.1. The molecular formula is C25H27NO4S. The standard InChI is InChI=1S/C25H27NO4S/c1-3-29-20-8-6-17(7-9-20)25-26-23(16(2)31-25)12-13-30-21-10-11-22-18(14-21)4-5-19(22)15-24(27)28/h6-11,14,19H,3-5,12-13,15H2,1-2H3,(H,27,28). The first-order chi connectivity index (χ1) is 15.0. The van der Waals surface area contributed by atoms with Gasteiger partial charge in [0.2, 0.25) is 0 Å². The van der Waals surface area contributed by atoms with Crippen molar-refractivity contribution in [2.24, 2.45) is 0 Å². The molecule has 2 aromatic carbocycles. The highest BCUT2D eigenvalue weighted by atomic mass is 32.1. The van der Waals surface area contributed by atoms with Gasteiger partial charge in [-0.15, -0.1) is 11.3 Å². The van der Waals surface area contributed by atoms with Crippen molar-refractivity contribution in [2.45, 2.75) is 45.4 Å². The Morgan fingerprint density at radius 1 is 1.16 bits per heavy atom. The molecule has 4 rings (SSSR count). The Balaban J connectivity index is 1.36. The highest BCUT2D eigenvalue weighted by Crippen LogP contribution is 2.37. The number of aliphatic carboxylic acids is 1. The summed E-state index contributed by atoms with van der Waals surface area (Å²) in [5.41, 5.74) is 4.53. The monoisotopic (exact) mass is 437 g/mol. The fraction of sp³-hybridized carbons (Fsp3) is 0.360. The number of carbonyl (C=O) groups is 1. The van der Waals surface area contributed by atoms with Crippen molar-refractivity contribution in [3.8, 4) is 22.1 Å². The lowest BCUT2D eigenvalue weighted by atomic mass is 9.98. The summed E-state index contributed by atoms with van der Waals surface area (Å²) in [6.45, 7) is 5.30. The number of ether oxygens (including phenoxy) is 2. The molecule has 0 amide bonds. The third kappa shape index (κ3) is 5.07. The van der Waals surface area contributed by atoms with E-state index in [0.29, 0.717) is 13.2 Å². The van der Waals surface area contributed by atoms with E-state index in [1.54, 1.807) is 11.3 Å². The SMILES string of the molecule is CCOc1ccc(-c2nc(CCOc3ccc4c(c3)CCC4CC(=O)O)c(C)s2)cc1. The minimum Gasteiger partial charge on any atom is -0.494 e. The third-order valence-corrected chi connectivity index (χ3v) is 6.71. The van der Waals surface area contributed by atoms with Crippen LogP contribution >= 0.6 is 11.3 Å². The second-order valence-corrected chi connectivity index (χ2v) is 8.98. The molecule has 6 heteroatoms. The Morgan fingerprint density at radius 2 is 1.94 bits per heavy atom. The second-order valence-electron chi connectivity index (χ2n) is 7.77. The Morgan fingerprint density at radius 3 is 2.68 bits per heavy atom. The Hall–Kier alpha value is -2.86. The predicted molar refractivity (Wildman–Crippen MR) is 122 cm³/mol. The number of benzene rings is 2. The molecule has 0 spiro atoms. The van der Waals surface area contributed by atoms with Crippen LogP contribution in [0.3, 0.4) is 0 Å². The summed E-state index contributed by atoms with van der Waals surface area (Å²) < 4.78 is 11.5. The highest BCUT2D eigenvalue weighted by Gasteiger charge is 2.24. The zero-order chi connectivity index (χ0) is 21.8. The Kier molecular flexibility index (Phi) is 6.56. The maximum absolute atomic E-state index is 11.0. The number of thiazole rings is 1. The van der Waals surface area contributed by atoms with Gasteiger partial charge in [0.15, 0.2) is 0 Å². The predicted octanol–water partition coefficient (Wildman–Crippen LogP) is 5.64. The van der Waals surface area contributed by atoms with Crippen LogP contribution in [-0.4, -0.2) is 29.3 Å². The lowest BCUT2D eigenvalue weighted by Gasteiger charge is -2.10. The molecule has 1 aromatic heterocycles. The van der Waals surface area contributed by atoms with Gasteiger partial charge < -0.3 is 14.6 Å². The summed E-state index contributed by atoms with van der Waals surface area (Å²) in [6.07, 6.45) is 2.77. The molecule has 1 N–H and O–H groups in total. The average molecular weight is 438 g/mol. The van der Waals surface area contributed by atoms with Crippen molar-refractivity contribution in [3.05, 3.63) is 64.2 Å². The van der Waals surface area contributed by atoms with Crippen molar-refractivity contribution >= 4 is 17.3 Å². The van der Waals surface area contributed by atoms with Gasteiger partial charge in [0.05, 0.1) is 25.3 Å². The van der Waals surface area contributed by atoms with Crippen LogP contribution in [0.5, 0.6) is 11.5 Å². The molecule has 0 fully saturated rings. The van der Waals surface area contributed by atoms with E-state index in [1.807, 2.05) is 43.3 Å². The van der Waals surface area contributed by atoms with E-state index in [-0.39, 0.29) is 12.3 Å². The van der Waals surface area contributed by atoms with E-state index in [4.69, 9.17) is 19.6 Å². The molecule has 0 radical (unpaired) electrons. The summed E-state index contributed by atoms with van der Waals surface area (Å²) in [6, 6.07) is 14.1. The smallest absolute Gasteiger partial charge is 0.303 e. The summed E-state index contributed by atoms with van der Waals surface area (Å²) in [5.74, 6) is 1.10. The van der Waals surface area contributed by atoms with Crippen molar-refractivity contribution in [1.82, 2.24) is 4.98 Å². The lowest BCUT2D eigenvalue weighted by molar-refractivity contribution is -0.137.